The van der Waals surface area contributed by atoms with Crippen molar-refractivity contribution in [3.63, 3.8) is 0 Å². The van der Waals surface area contributed by atoms with Crippen molar-refractivity contribution in [2.75, 3.05) is 25.0 Å². The van der Waals surface area contributed by atoms with Gasteiger partial charge in [-0.15, -0.1) is 0 Å². The van der Waals surface area contributed by atoms with Crippen LogP contribution in [0.5, 0.6) is 0 Å². The summed E-state index contributed by atoms with van der Waals surface area (Å²) >= 11 is 0. The third-order valence-electron chi connectivity index (χ3n) is 6.07. The van der Waals surface area contributed by atoms with Crippen LogP contribution in [0.4, 0.5) is 14.9 Å². The van der Waals surface area contributed by atoms with Gasteiger partial charge in [-0.2, -0.15) is 0 Å². The number of nitrogens with zero attached hydrogens (tertiary/aromatic N) is 2. The summed E-state index contributed by atoms with van der Waals surface area (Å²) in [6.45, 7) is 6.98. The van der Waals surface area contributed by atoms with E-state index in [0.717, 1.165) is 0 Å². The average molecular weight is 455 g/mol. The van der Waals surface area contributed by atoms with E-state index >= 15 is 0 Å². The van der Waals surface area contributed by atoms with Crippen molar-refractivity contribution in [1.29, 1.82) is 0 Å². The monoisotopic (exact) mass is 454 g/mol. The normalized spacial score (nSPS) is 17.8. The number of carbonyl (C=O) groups excluding carboxylic acids is 3. The van der Waals surface area contributed by atoms with E-state index in [1.54, 1.807) is 28.0 Å². The molecule has 1 saturated heterocycles. The number of hydrogen-bond donors (Lipinski definition) is 2. The standard InChI is InChI=1S/C25H31FN4O3/c1-4-17(2)22(28-25(33)27-21-12-8-11-20(26)15-21)24(32)29-13-14-30(18(3)16-29)23(31)19-9-6-5-7-10-19/h5-12,15,17-18,22H,4,13-14,16H2,1-3H3,(H2,27,28,33). The molecule has 1 heterocycles. The van der Waals surface area contributed by atoms with E-state index in [1.165, 1.54) is 18.2 Å². The van der Waals surface area contributed by atoms with Crippen molar-refractivity contribution in [3.8, 4) is 0 Å². The predicted octanol–water partition coefficient (Wildman–Crippen LogP) is 3.74. The predicted molar refractivity (Wildman–Crippen MR) is 125 cm³/mol. The average Bonchev–Trinajstić information content (AvgIpc) is 2.81. The number of rotatable bonds is 6. The lowest BCUT2D eigenvalue weighted by molar-refractivity contribution is -0.136. The minimum absolute atomic E-state index is 0.0544. The fraction of sp³-hybridized carbons (Fsp3) is 0.400. The van der Waals surface area contributed by atoms with Gasteiger partial charge < -0.3 is 20.4 Å². The van der Waals surface area contributed by atoms with Crippen molar-refractivity contribution in [1.82, 2.24) is 15.1 Å². The highest BCUT2D eigenvalue weighted by Crippen LogP contribution is 2.18. The van der Waals surface area contributed by atoms with Gasteiger partial charge in [-0.25, -0.2) is 9.18 Å². The van der Waals surface area contributed by atoms with Crippen LogP contribution in [0.15, 0.2) is 54.6 Å². The Bertz CT molecular complexity index is 985. The Balaban J connectivity index is 1.64. The van der Waals surface area contributed by atoms with E-state index in [-0.39, 0.29) is 23.8 Å². The number of benzene rings is 2. The van der Waals surface area contributed by atoms with Gasteiger partial charge in [0, 0.05) is 36.9 Å². The molecule has 2 aromatic carbocycles. The molecule has 2 N–H and O–H groups in total. The Hall–Kier alpha value is -3.42. The summed E-state index contributed by atoms with van der Waals surface area (Å²) in [7, 11) is 0. The summed E-state index contributed by atoms with van der Waals surface area (Å²) in [6.07, 6.45) is 0.693. The first-order valence-electron chi connectivity index (χ1n) is 11.3. The first-order valence-corrected chi connectivity index (χ1v) is 11.3. The quantitative estimate of drug-likeness (QED) is 0.698. The third-order valence-corrected chi connectivity index (χ3v) is 6.07. The molecule has 33 heavy (non-hydrogen) atoms. The lowest BCUT2D eigenvalue weighted by Gasteiger charge is -2.41. The third kappa shape index (κ3) is 6.09. The fourth-order valence-electron chi connectivity index (χ4n) is 3.96. The van der Waals surface area contributed by atoms with Crippen LogP contribution in [0.1, 0.15) is 37.6 Å². The molecule has 8 heteroatoms. The number of halogens is 1. The second-order valence-corrected chi connectivity index (χ2v) is 8.47. The van der Waals surface area contributed by atoms with Crippen molar-refractivity contribution in [3.05, 3.63) is 66.0 Å². The summed E-state index contributed by atoms with van der Waals surface area (Å²) in [4.78, 5) is 42.2. The van der Waals surface area contributed by atoms with Gasteiger partial charge in [-0.3, -0.25) is 9.59 Å². The topological polar surface area (TPSA) is 81.8 Å². The maximum atomic E-state index is 13.4. The number of nitrogens with one attached hydrogen (secondary N) is 2. The zero-order chi connectivity index (χ0) is 24.0. The van der Waals surface area contributed by atoms with E-state index in [0.29, 0.717) is 37.3 Å². The van der Waals surface area contributed by atoms with Gasteiger partial charge >= 0.3 is 6.03 Å². The van der Waals surface area contributed by atoms with E-state index in [1.807, 2.05) is 39.0 Å². The van der Waals surface area contributed by atoms with E-state index in [9.17, 15) is 18.8 Å². The van der Waals surface area contributed by atoms with Gasteiger partial charge in [0.05, 0.1) is 0 Å². The Labute approximate surface area is 193 Å². The molecule has 0 saturated carbocycles. The van der Waals surface area contributed by atoms with E-state index < -0.39 is 17.9 Å². The van der Waals surface area contributed by atoms with Gasteiger partial charge in [-0.05, 0) is 43.2 Å². The SMILES string of the molecule is CCC(C)C(NC(=O)Nc1cccc(F)c1)C(=O)N1CCN(C(=O)c2ccccc2)C(C)C1. The van der Waals surface area contributed by atoms with Crippen LogP contribution < -0.4 is 10.6 Å². The van der Waals surface area contributed by atoms with E-state index in [4.69, 9.17) is 0 Å². The Morgan fingerprint density at radius 1 is 1.09 bits per heavy atom. The molecule has 3 unspecified atom stereocenters. The largest absolute Gasteiger partial charge is 0.337 e. The first kappa shape index (κ1) is 24.2. The van der Waals surface area contributed by atoms with Gasteiger partial charge in [0.25, 0.3) is 5.91 Å². The summed E-state index contributed by atoms with van der Waals surface area (Å²) < 4.78 is 13.4. The van der Waals surface area contributed by atoms with Crippen LogP contribution in [0.3, 0.4) is 0 Å². The summed E-state index contributed by atoms with van der Waals surface area (Å²) in [5, 5.41) is 5.35. The van der Waals surface area contributed by atoms with E-state index in [2.05, 4.69) is 10.6 Å². The minimum Gasteiger partial charge on any atom is -0.337 e. The van der Waals surface area contributed by atoms with Crippen molar-refractivity contribution in [2.24, 2.45) is 5.92 Å². The van der Waals surface area contributed by atoms with Crippen LogP contribution in [0, 0.1) is 11.7 Å². The van der Waals surface area contributed by atoms with Crippen LogP contribution >= 0.6 is 0 Å². The second kappa shape index (κ2) is 10.9. The number of piperazine rings is 1. The molecule has 1 aliphatic rings. The molecule has 1 aliphatic heterocycles. The molecule has 4 amide bonds. The Kier molecular flexibility index (Phi) is 8.03. The van der Waals surface area contributed by atoms with Gasteiger partial charge in [0.2, 0.25) is 5.91 Å². The lowest BCUT2D eigenvalue weighted by atomic mass is 9.97. The molecule has 2 aromatic rings. The molecule has 0 aliphatic carbocycles. The summed E-state index contributed by atoms with van der Waals surface area (Å²) in [5.41, 5.74) is 0.932. The lowest BCUT2D eigenvalue weighted by Crippen LogP contribution is -2.60. The maximum absolute atomic E-state index is 13.4. The van der Waals surface area contributed by atoms with Crippen LogP contribution in [0.25, 0.3) is 0 Å². The minimum atomic E-state index is -0.730. The van der Waals surface area contributed by atoms with Gasteiger partial charge in [0.15, 0.2) is 0 Å². The zero-order valence-corrected chi connectivity index (χ0v) is 19.3. The Morgan fingerprint density at radius 3 is 2.45 bits per heavy atom. The molecule has 7 nitrogen and oxygen atoms in total. The molecule has 0 spiro atoms. The molecule has 0 radical (unpaired) electrons. The molecule has 176 valence electrons. The van der Waals surface area contributed by atoms with Crippen LogP contribution in [-0.2, 0) is 4.79 Å². The number of urea groups is 1. The highest BCUT2D eigenvalue weighted by Gasteiger charge is 2.35. The fourth-order valence-corrected chi connectivity index (χ4v) is 3.96. The number of anilines is 1. The van der Waals surface area contributed by atoms with Crippen molar-refractivity contribution in [2.45, 2.75) is 39.3 Å². The van der Waals surface area contributed by atoms with Gasteiger partial charge in [0.1, 0.15) is 11.9 Å². The highest BCUT2D eigenvalue weighted by atomic mass is 19.1. The molecule has 1 fully saturated rings. The first-order chi connectivity index (χ1) is 15.8. The molecule has 0 aromatic heterocycles. The van der Waals surface area contributed by atoms with Gasteiger partial charge in [-0.1, -0.05) is 44.5 Å². The smallest absolute Gasteiger partial charge is 0.319 e. The summed E-state index contributed by atoms with van der Waals surface area (Å²) in [6, 6.07) is 13.2. The molecule has 0 bridgehead atoms. The summed E-state index contributed by atoms with van der Waals surface area (Å²) in [5.74, 6) is -0.798. The molecule has 3 atom stereocenters. The Morgan fingerprint density at radius 2 is 1.82 bits per heavy atom. The molecular formula is C25H31FN4O3. The number of carbonyl (C=O) groups is 3. The highest BCUT2D eigenvalue weighted by molar-refractivity contribution is 5.95. The van der Waals surface area contributed by atoms with Crippen molar-refractivity contribution < 1.29 is 18.8 Å². The van der Waals surface area contributed by atoms with Crippen molar-refractivity contribution >= 4 is 23.5 Å². The number of amides is 4. The van der Waals surface area contributed by atoms with Crippen LogP contribution in [-0.4, -0.2) is 59.4 Å². The zero-order valence-electron chi connectivity index (χ0n) is 19.3. The van der Waals surface area contributed by atoms with Crippen LogP contribution in [0.2, 0.25) is 0 Å². The number of hydrogen-bond acceptors (Lipinski definition) is 3. The maximum Gasteiger partial charge on any atom is 0.319 e. The molecular weight excluding hydrogens is 423 g/mol. The molecule has 3 rings (SSSR count). The second-order valence-electron chi connectivity index (χ2n) is 8.47.